The van der Waals surface area contributed by atoms with Gasteiger partial charge in [-0.05, 0) is 61.9 Å². The smallest absolute Gasteiger partial charge is 0.221 e. The van der Waals surface area contributed by atoms with Gasteiger partial charge in [-0.25, -0.2) is 0 Å². The van der Waals surface area contributed by atoms with Crippen LogP contribution in [0.15, 0.2) is 41.0 Å². The van der Waals surface area contributed by atoms with E-state index in [0.29, 0.717) is 5.76 Å². The van der Waals surface area contributed by atoms with Gasteiger partial charge in [0.25, 0.3) is 0 Å². The number of aryl methyl sites for hydroxylation is 2. The molecule has 3 rings (SSSR count). The van der Waals surface area contributed by atoms with Crippen LogP contribution < -0.4 is 5.32 Å². The van der Waals surface area contributed by atoms with Crippen LogP contribution >= 0.6 is 0 Å². The highest BCUT2D eigenvalue weighted by atomic mass is 16.3. The van der Waals surface area contributed by atoms with Gasteiger partial charge in [0.2, 0.25) is 5.91 Å². The lowest BCUT2D eigenvalue weighted by molar-refractivity contribution is -0.121. The van der Waals surface area contributed by atoms with Crippen molar-refractivity contribution in [1.29, 1.82) is 0 Å². The van der Waals surface area contributed by atoms with Gasteiger partial charge in [-0.15, -0.1) is 0 Å². The zero-order valence-electron chi connectivity index (χ0n) is 14.0. The van der Waals surface area contributed by atoms with Crippen molar-refractivity contribution in [3.8, 4) is 0 Å². The summed E-state index contributed by atoms with van der Waals surface area (Å²) in [4.78, 5) is 24.4. The van der Waals surface area contributed by atoms with Gasteiger partial charge in [0.15, 0.2) is 5.78 Å². The van der Waals surface area contributed by atoms with E-state index in [2.05, 4.69) is 11.4 Å². The van der Waals surface area contributed by atoms with Gasteiger partial charge < -0.3 is 9.73 Å². The molecule has 0 bridgehead atoms. The van der Waals surface area contributed by atoms with Crippen LogP contribution in [0.2, 0.25) is 0 Å². The van der Waals surface area contributed by atoms with Gasteiger partial charge in [-0.3, -0.25) is 9.59 Å². The first-order valence-electron chi connectivity index (χ1n) is 8.61. The van der Waals surface area contributed by atoms with Crippen molar-refractivity contribution in [2.24, 2.45) is 0 Å². The first-order chi connectivity index (χ1) is 11.6. The van der Waals surface area contributed by atoms with Gasteiger partial charge in [0, 0.05) is 18.4 Å². The number of rotatable bonds is 6. The van der Waals surface area contributed by atoms with Crippen molar-refractivity contribution in [1.82, 2.24) is 5.32 Å². The molecule has 4 nitrogen and oxygen atoms in total. The number of fused-ring (bicyclic) bond motifs is 1. The Morgan fingerprint density at radius 1 is 1.12 bits per heavy atom. The molecule has 0 aliphatic heterocycles. The minimum Gasteiger partial charge on any atom is -0.467 e. The lowest BCUT2D eigenvalue weighted by Gasteiger charge is -2.16. The standard InChI is InChI=1S/C20H23NO3/c1-14(19-7-4-12-24-19)21-20(23)11-10-18(22)17-9-8-15-5-2-3-6-16(15)13-17/h4,7-9,12-14H,2-3,5-6,10-11H2,1H3,(H,21,23). The first-order valence-corrected chi connectivity index (χ1v) is 8.61. The molecule has 0 fully saturated rings. The topological polar surface area (TPSA) is 59.3 Å². The summed E-state index contributed by atoms with van der Waals surface area (Å²) in [6.07, 6.45) is 6.59. The van der Waals surface area contributed by atoms with Crippen LogP contribution in [0.1, 0.15) is 65.9 Å². The molecule has 1 aromatic carbocycles. The van der Waals surface area contributed by atoms with Crippen LogP contribution in [-0.4, -0.2) is 11.7 Å². The van der Waals surface area contributed by atoms with E-state index in [1.165, 1.54) is 24.0 Å². The molecule has 0 radical (unpaired) electrons. The third kappa shape index (κ3) is 3.94. The third-order valence-corrected chi connectivity index (χ3v) is 4.60. The molecular weight excluding hydrogens is 302 g/mol. The Bertz CT molecular complexity index is 718. The first kappa shape index (κ1) is 16.5. The minimum atomic E-state index is -0.189. The molecule has 0 saturated carbocycles. The zero-order valence-corrected chi connectivity index (χ0v) is 14.0. The molecular formula is C20H23NO3. The van der Waals surface area contributed by atoms with Gasteiger partial charge >= 0.3 is 0 Å². The number of carbonyl (C=O) groups is 2. The second kappa shape index (κ2) is 7.47. The fourth-order valence-corrected chi connectivity index (χ4v) is 3.20. The highest BCUT2D eigenvalue weighted by Crippen LogP contribution is 2.23. The summed E-state index contributed by atoms with van der Waals surface area (Å²) < 4.78 is 5.26. The highest BCUT2D eigenvalue weighted by Gasteiger charge is 2.16. The molecule has 1 aromatic heterocycles. The number of ketones is 1. The summed E-state index contributed by atoms with van der Waals surface area (Å²) in [6, 6.07) is 9.41. The van der Waals surface area contributed by atoms with Crippen LogP contribution in [0.4, 0.5) is 0 Å². The van der Waals surface area contributed by atoms with Crippen molar-refractivity contribution >= 4 is 11.7 Å². The Hall–Kier alpha value is -2.36. The Kier molecular flexibility index (Phi) is 5.14. The van der Waals surface area contributed by atoms with E-state index in [1.54, 1.807) is 12.3 Å². The predicted molar refractivity (Wildman–Crippen MR) is 91.9 cm³/mol. The minimum absolute atomic E-state index is 0.0316. The normalized spacial score (nSPS) is 14.7. The number of amides is 1. The highest BCUT2D eigenvalue weighted by molar-refractivity contribution is 5.98. The SMILES string of the molecule is CC(NC(=O)CCC(=O)c1ccc2c(c1)CCCC2)c1ccco1. The summed E-state index contributed by atoms with van der Waals surface area (Å²) in [5.41, 5.74) is 3.38. The number of carbonyl (C=O) groups excluding carboxylic acids is 2. The Morgan fingerprint density at radius 2 is 1.92 bits per heavy atom. The zero-order chi connectivity index (χ0) is 16.9. The second-order valence-corrected chi connectivity index (χ2v) is 6.42. The molecule has 24 heavy (non-hydrogen) atoms. The van der Waals surface area contributed by atoms with Crippen LogP contribution in [0.25, 0.3) is 0 Å². The fraction of sp³-hybridized carbons (Fsp3) is 0.400. The number of hydrogen-bond acceptors (Lipinski definition) is 3. The largest absolute Gasteiger partial charge is 0.467 e. The second-order valence-electron chi connectivity index (χ2n) is 6.42. The van der Waals surface area contributed by atoms with Crippen molar-refractivity contribution in [3.63, 3.8) is 0 Å². The molecule has 1 atom stereocenters. The number of hydrogen-bond donors (Lipinski definition) is 1. The number of benzene rings is 1. The van der Waals surface area contributed by atoms with Crippen molar-refractivity contribution in [2.45, 2.75) is 51.5 Å². The van der Waals surface area contributed by atoms with Crippen molar-refractivity contribution < 1.29 is 14.0 Å². The van der Waals surface area contributed by atoms with E-state index in [4.69, 9.17) is 4.42 Å². The summed E-state index contributed by atoms with van der Waals surface area (Å²) >= 11 is 0. The average Bonchev–Trinajstić information content (AvgIpc) is 3.14. The molecule has 2 aromatic rings. The molecule has 1 aliphatic rings. The molecule has 1 aliphatic carbocycles. The Balaban J connectivity index is 1.52. The van der Waals surface area contributed by atoms with Crippen LogP contribution in [0, 0.1) is 0 Å². The maximum absolute atomic E-state index is 12.4. The van der Waals surface area contributed by atoms with E-state index >= 15 is 0 Å². The predicted octanol–water partition coefficient (Wildman–Crippen LogP) is 4.00. The Labute approximate surface area is 142 Å². The molecule has 126 valence electrons. The molecule has 1 unspecified atom stereocenters. The van der Waals surface area contributed by atoms with E-state index in [1.807, 2.05) is 25.1 Å². The Morgan fingerprint density at radius 3 is 2.67 bits per heavy atom. The van der Waals surface area contributed by atoms with Crippen LogP contribution in [-0.2, 0) is 17.6 Å². The number of Topliss-reactive ketones (excluding diaryl/α,β-unsaturated/α-hetero) is 1. The van der Waals surface area contributed by atoms with Gasteiger partial charge in [-0.1, -0.05) is 12.1 Å². The maximum atomic E-state index is 12.4. The average molecular weight is 325 g/mol. The van der Waals surface area contributed by atoms with E-state index < -0.39 is 0 Å². The summed E-state index contributed by atoms with van der Waals surface area (Å²) in [5, 5.41) is 2.85. The number of furan rings is 1. The molecule has 4 heteroatoms. The van der Waals surface area contributed by atoms with Crippen molar-refractivity contribution in [3.05, 3.63) is 59.0 Å². The van der Waals surface area contributed by atoms with E-state index in [-0.39, 0.29) is 30.6 Å². The summed E-state index contributed by atoms with van der Waals surface area (Å²) in [6.45, 7) is 1.86. The molecule has 0 spiro atoms. The van der Waals surface area contributed by atoms with Crippen molar-refractivity contribution in [2.75, 3.05) is 0 Å². The third-order valence-electron chi connectivity index (χ3n) is 4.60. The number of nitrogens with one attached hydrogen (secondary N) is 1. The van der Waals surface area contributed by atoms with Crippen LogP contribution in [0.3, 0.4) is 0 Å². The molecule has 1 N–H and O–H groups in total. The van der Waals surface area contributed by atoms with Gasteiger partial charge in [0.05, 0.1) is 12.3 Å². The maximum Gasteiger partial charge on any atom is 0.221 e. The lowest BCUT2D eigenvalue weighted by Crippen LogP contribution is -2.26. The molecule has 1 amide bonds. The van der Waals surface area contributed by atoms with Crippen LogP contribution in [0.5, 0.6) is 0 Å². The molecule has 0 saturated heterocycles. The van der Waals surface area contributed by atoms with Gasteiger partial charge in [0.1, 0.15) is 5.76 Å². The summed E-state index contributed by atoms with van der Waals surface area (Å²) in [5.74, 6) is 0.610. The fourth-order valence-electron chi connectivity index (χ4n) is 3.20. The van der Waals surface area contributed by atoms with E-state index in [9.17, 15) is 9.59 Å². The quantitative estimate of drug-likeness (QED) is 0.817. The van der Waals surface area contributed by atoms with E-state index in [0.717, 1.165) is 18.4 Å². The monoisotopic (exact) mass is 325 g/mol. The lowest BCUT2D eigenvalue weighted by atomic mass is 9.89. The van der Waals surface area contributed by atoms with Gasteiger partial charge in [-0.2, -0.15) is 0 Å². The molecule has 1 heterocycles. The summed E-state index contributed by atoms with van der Waals surface area (Å²) in [7, 11) is 0.